The number of ether oxygens (including phenoxy) is 1. The van der Waals surface area contributed by atoms with Crippen molar-refractivity contribution in [2.75, 3.05) is 18.1 Å². The van der Waals surface area contributed by atoms with Gasteiger partial charge in [0, 0.05) is 5.75 Å². The summed E-state index contributed by atoms with van der Waals surface area (Å²) in [5, 5.41) is 9.94. The fourth-order valence-corrected chi connectivity index (χ4v) is 2.69. The zero-order valence-electron chi connectivity index (χ0n) is 10.3. The van der Waals surface area contributed by atoms with E-state index in [1.165, 1.54) is 5.56 Å². The molecule has 0 fully saturated rings. The molecule has 0 radical (unpaired) electrons. The zero-order chi connectivity index (χ0) is 12.1. The van der Waals surface area contributed by atoms with Crippen molar-refractivity contribution < 1.29 is 9.84 Å². The molecule has 0 saturated carbocycles. The number of thioether (sulfide) groups is 1. The second-order valence-electron chi connectivity index (χ2n) is 4.31. The Balaban J connectivity index is 1.97. The molecule has 1 aromatic rings. The number of benzene rings is 1. The van der Waals surface area contributed by atoms with Crippen LogP contribution in [0.2, 0.25) is 0 Å². The predicted octanol–water partition coefficient (Wildman–Crippen LogP) is 3.19. The fourth-order valence-electron chi connectivity index (χ4n) is 2.20. The summed E-state index contributed by atoms with van der Waals surface area (Å²) in [6.07, 6.45) is 2.74. The number of aliphatic hydroxyl groups is 1. The third-order valence-corrected chi connectivity index (χ3v) is 3.96. The Morgan fingerprint density at radius 2 is 2.35 bits per heavy atom. The van der Waals surface area contributed by atoms with Crippen molar-refractivity contribution in [3.63, 3.8) is 0 Å². The summed E-state index contributed by atoms with van der Waals surface area (Å²) in [6, 6.07) is 6.13. The molecule has 0 spiro atoms. The monoisotopic (exact) mass is 252 g/mol. The van der Waals surface area contributed by atoms with E-state index in [0.717, 1.165) is 48.7 Å². The number of aryl methyl sites for hydroxylation is 1. The molecule has 1 atom stereocenters. The standard InChI is InChI=1S/C14H20O2S/c1-2-17-9-8-16-12-7-6-11-4-3-5-14(15)13(11)10-12/h6-7,10,14-15H,2-5,8-9H2,1H3. The molecular weight excluding hydrogens is 232 g/mol. The van der Waals surface area contributed by atoms with Gasteiger partial charge in [0.05, 0.1) is 12.7 Å². The lowest BCUT2D eigenvalue weighted by molar-refractivity contribution is 0.156. The average Bonchev–Trinajstić information content (AvgIpc) is 2.36. The third kappa shape index (κ3) is 3.39. The molecule has 3 heteroatoms. The van der Waals surface area contributed by atoms with Gasteiger partial charge in [0.15, 0.2) is 0 Å². The molecule has 1 aromatic carbocycles. The van der Waals surface area contributed by atoms with Gasteiger partial charge in [-0.2, -0.15) is 11.8 Å². The summed E-state index contributed by atoms with van der Waals surface area (Å²) in [5.41, 5.74) is 2.34. The van der Waals surface area contributed by atoms with Crippen molar-refractivity contribution >= 4 is 11.8 Å². The van der Waals surface area contributed by atoms with Crippen molar-refractivity contribution in [1.82, 2.24) is 0 Å². The van der Waals surface area contributed by atoms with Crippen LogP contribution in [0.4, 0.5) is 0 Å². The normalized spacial score (nSPS) is 18.8. The minimum absolute atomic E-state index is 0.299. The summed E-state index contributed by atoms with van der Waals surface area (Å²) < 4.78 is 5.69. The van der Waals surface area contributed by atoms with Gasteiger partial charge in [-0.3, -0.25) is 0 Å². The first-order chi connectivity index (χ1) is 8.31. The first kappa shape index (κ1) is 12.8. The minimum atomic E-state index is -0.299. The van der Waals surface area contributed by atoms with E-state index in [0.29, 0.717) is 0 Å². The van der Waals surface area contributed by atoms with Crippen LogP contribution >= 0.6 is 11.8 Å². The van der Waals surface area contributed by atoms with Gasteiger partial charge >= 0.3 is 0 Å². The maximum absolute atomic E-state index is 9.94. The van der Waals surface area contributed by atoms with Crippen molar-refractivity contribution in [1.29, 1.82) is 0 Å². The summed E-state index contributed by atoms with van der Waals surface area (Å²) in [4.78, 5) is 0. The lowest BCUT2D eigenvalue weighted by atomic mass is 9.89. The van der Waals surface area contributed by atoms with Crippen LogP contribution in [0.1, 0.15) is 37.0 Å². The minimum Gasteiger partial charge on any atom is -0.493 e. The molecular formula is C14H20O2S. The summed E-state index contributed by atoms with van der Waals surface area (Å²) in [7, 11) is 0. The highest BCUT2D eigenvalue weighted by molar-refractivity contribution is 7.99. The van der Waals surface area contributed by atoms with Crippen LogP contribution in [0.25, 0.3) is 0 Å². The Hall–Kier alpha value is -0.670. The number of hydrogen-bond acceptors (Lipinski definition) is 3. The molecule has 0 saturated heterocycles. The summed E-state index contributed by atoms with van der Waals surface area (Å²) >= 11 is 1.88. The second-order valence-corrected chi connectivity index (χ2v) is 5.71. The average molecular weight is 252 g/mol. The lowest BCUT2D eigenvalue weighted by Gasteiger charge is -2.21. The largest absolute Gasteiger partial charge is 0.493 e. The Morgan fingerprint density at radius 1 is 1.47 bits per heavy atom. The predicted molar refractivity (Wildman–Crippen MR) is 72.8 cm³/mol. The zero-order valence-corrected chi connectivity index (χ0v) is 11.1. The fraction of sp³-hybridized carbons (Fsp3) is 0.571. The van der Waals surface area contributed by atoms with Gasteiger partial charge in [-0.15, -0.1) is 0 Å². The molecule has 1 unspecified atom stereocenters. The lowest BCUT2D eigenvalue weighted by Crippen LogP contribution is -2.09. The van der Waals surface area contributed by atoms with Gasteiger partial charge in [0.1, 0.15) is 5.75 Å². The van der Waals surface area contributed by atoms with Gasteiger partial charge < -0.3 is 9.84 Å². The highest BCUT2D eigenvalue weighted by Gasteiger charge is 2.18. The molecule has 2 rings (SSSR count). The van der Waals surface area contributed by atoms with Crippen LogP contribution in [-0.4, -0.2) is 23.2 Å². The third-order valence-electron chi connectivity index (χ3n) is 3.10. The molecule has 0 heterocycles. The number of rotatable bonds is 5. The second kappa shape index (κ2) is 6.31. The van der Waals surface area contributed by atoms with Gasteiger partial charge in [-0.05, 0) is 48.3 Å². The Kier molecular flexibility index (Phi) is 4.75. The van der Waals surface area contributed by atoms with Gasteiger partial charge in [0.25, 0.3) is 0 Å². The van der Waals surface area contributed by atoms with Crippen molar-refractivity contribution in [3.05, 3.63) is 29.3 Å². The molecule has 2 nitrogen and oxygen atoms in total. The Bertz CT molecular complexity index is 365. The highest BCUT2D eigenvalue weighted by atomic mass is 32.2. The maximum Gasteiger partial charge on any atom is 0.119 e. The Morgan fingerprint density at radius 3 is 3.18 bits per heavy atom. The van der Waals surface area contributed by atoms with Crippen LogP contribution in [0.5, 0.6) is 5.75 Å². The van der Waals surface area contributed by atoms with E-state index in [4.69, 9.17) is 4.74 Å². The maximum atomic E-state index is 9.94. The van der Waals surface area contributed by atoms with E-state index in [-0.39, 0.29) is 6.10 Å². The van der Waals surface area contributed by atoms with Crippen LogP contribution in [0.3, 0.4) is 0 Å². The van der Waals surface area contributed by atoms with Crippen molar-refractivity contribution in [2.45, 2.75) is 32.3 Å². The number of fused-ring (bicyclic) bond motifs is 1. The van der Waals surface area contributed by atoms with E-state index >= 15 is 0 Å². The van der Waals surface area contributed by atoms with Crippen LogP contribution in [0, 0.1) is 0 Å². The summed E-state index contributed by atoms with van der Waals surface area (Å²) in [5.74, 6) is 3.05. The molecule has 1 N–H and O–H groups in total. The van der Waals surface area contributed by atoms with Crippen molar-refractivity contribution in [2.24, 2.45) is 0 Å². The Labute approximate surface area is 107 Å². The summed E-state index contributed by atoms with van der Waals surface area (Å²) in [6.45, 7) is 2.90. The van der Waals surface area contributed by atoms with Gasteiger partial charge in [0.2, 0.25) is 0 Å². The van der Waals surface area contributed by atoms with E-state index in [2.05, 4.69) is 13.0 Å². The van der Waals surface area contributed by atoms with E-state index in [9.17, 15) is 5.11 Å². The topological polar surface area (TPSA) is 29.5 Å². The van der Waals surface area contributed by atoms with E-state index in [1.54, 1.807) is 0 Å². The molecule has 0 bridgehead atoms. The van der Waals surface area contributed by atoms with Gasteiger partial charge in [-0.25, -0.2) is 0 Å². The molecule has 17 heavy (non-hydrogen) atoms. The molecule has 94 valence electrons. The molecule has 0 aliphatic heterocycles. The first-order valence-electron chi connectivity index (χ1n) is 6.32. The highest BCUT2D eigenvalue weighted by Crippen LogP contribution is 2.32. The SMILES string of the molecule is CCSCCOc1ccc2c(c1)C(O)CCC2. The first-order valence-corrected chi connectivity index (χ1v) is 7.48. The number of aliphatic hydroxyl groups excluding tert-OH is 1. The smallest absolute Gasteiger partial charge is 0.119 e. The van der Waals surface area contributed by atoms with Gasteiger partial charge in [-0.1, -0.05) is 13.0 Å². The van der Waals surface area contributed by atoms with Crippen LogP contribution < -0.4 is 4.74 Å². The molecule has 0 aromatic heterocycles. The van der Waals surface area contributed by atoms with Crippen molar-refractivity contribution in [3.8, 4) is 5.75 Å². The molecule has 0 amide bonds. The van der Waals surface area contributed by atoms with Crippen LogP contribution in [0.15, 0.2) is 18.2 Å². The van der Waals surface area contributed by atoms with E-state index in [1.807, 2.05) is 23.9 Å². The van der Waals surface area contributed by atoms with Crippen LogP contribution in [-0.2, 0) is 6.42 Å². The molecule has 1 aliphatic rings. The quantitative estimate of drug-likeness (QED) is 0.816. The van der Waals surface area contributed by atoms with E-state index < -0.39 is 0 Å². The molecule has 1 aliphatic carbocycles. The number of hydrogen-bond donors (Lipinski definition) is 1.